The van der Waals surface area contributed by atoms with E-state index in [0.717, 1.165) is 0 Å². The van der Waals surface area contributed by atoms with Crippen LogP contribution in [0.5, 0.6) is 17.2 Å². The highest BCUT2D eigenvalue weighted by Gasteiger charge is 2.31. The van der Waals surface area contributed by atoms with Crippen LogP contribution in [-0.4, -0.2) is 31.3 Å². The van der Waals surface area contributed by atoms with Crippen molar-refractivity contribution in [3.05, 3.63) is 59.3 Å². The third kappa shape index (κ3) is 3.85. The number of ether oxygens (including phenoxy) is 2. The average molecular weight is 383 g/mol. The zero-order valence-electron chi connectivity index (χ0n) is 15.7. The molecule has 28 heavy (non-hydrogen) atoms. The predicted molar refractivity (Wildman–Crippen MR) is 103 cm³/mol. The minimum Gasteiger partial charge on any atom is -0.508 e. The first kappa shape index (κ1) is 19.1. The van der Waals surface area contributed by atoms with Gasteiger partial charge in [0, 0.05) is 11.8 Å². The number of benzene rings is 2. The van der Waals surface area contributed by atoms with Gasteiger partial charge in [-0.1, -0.05) is 12.1 Å². The molecular formula is C20H21N3O5. The zero-order valence-corrected chi connectivity index (χ0v) is 15.7. The van der Waals surface area contributed by atoms with Crippen molar-refractivity contribution in [3.8, 4) is 17.2 Å². The third-order valence-electron chi connectivity index (χ3n) is 4.40. The van der Waals surface area contributed by atoms with E-state index in [-0.39, 0.29) is 5.75 Å². The second-order valence-corrected chi connectivity index (χ2v) is 6.18. The maximum absolute atomic E-state index is 13.1. The Bertz CT molecular complexity index is 937. The molecule has 0 aliphatic carbocycles. The number of nitrogens with one attached hydrogen (secondary N) is 3. The number of hydrogen-bond donors (Lipinski definition) is 4. The molecule has 1 unspecified atom stereocenters. The average Bonchev–Trinajstić information content (AvgIpc) is 2.68. The van der Waals surface area contributed by atoms with Crippen molar-refractivity contribution in [3.63, 3.8) is 0 Å². The molecule has 146 valence electrons. The maximum atomic E-state index is 13.1. The molecule has 3 amide bonds. The van der Waals surface area contributed by atoms with Gasteiger partial charge in [-0.05, 0) is 36.8 Å². The van der Waals surface area contributed by atoms with Crippen LogP contribution in [0.1, 0.15) is 18.5 Å². The van der Waals surface area contributed by atoms with Gasteiger partial charge in [-0.2, -0.15) is 0 Å². The summed E-state index contributed by atoms with van der Waals surface area (Å²) >= 11 is 0. The number of allylic oxidation sites excluding steroid dienone is 1. The lowest BCUT2D eigenvalue weighted by atomic mass is 9.94. The molecule has 1 aliphatic rings. The van der Waals surface area contributed by atoms with Gasteiger partial charge in [0.25, 0.3) is 5.91 Å². The Labute approximate surface area is 162 Å². The molecule has 0 saturated heterocycles. The molecule has 8 heteroatoms. The smallest absolute Gasteiger partial charge is 0.319 e. The SMILES string of the molecule is COc1ccc(NC(=O)C2=C(C)NC(=O)NC2c2ccc(O)cc2)c(OC)c1. The van der Waals surface area contributed by atoms with Crippen LogP contribution in [0.2, 0.25) is 0 Å². The first-order valence-electron chi connectivity index (χ1n) is 8.53. The summed E-state index contributed by atoms with van der Waals surface area (Å²) in [5.74, 6) is 0.740. The highest BCUT2D eigenvalue weighted by Crippen LogP contribution is 2.32. The van der Waals surface area contributed by atoms with Crippen LogP contribution in [0, 0.1) is 0 Å². The van der Waals surface area contributed by atoms with Gasteiger partial charge in [-0.3, -0.25) is 4.79 Å². The van der Waals surface area contributed by atoms with E-state index in [0.29, 0.717) is 34.0 Å². The molecule has 1 atom stereocenters. The lowest BCUT2D eigenvalue weighted by molar-refractivity contribution is -0.113. The predicted octanol–water partition coefficient (Wildman–Crippen LogP) is 2.68. The number of hydrogen-bond acceptors (Lipinski definition) is 5. The van der Waals surface area contributed by atoms with Crippen LogP contribution in [0.15, 0.2) is 53.7 Å². The second kappa shape index (κ2) is 7.91. The molecule has 0 fully saturated rings. The van der Waals surface area contributed by atoms with Gasteiger partial charge in [-0.25, -0.2) is 4.79 Å². The number of anilines is 1. The Balaban J connectivity index is 1.94. The Hall–Kier alpha value is -3.68. The van der Waals surface area contributed by atoms with Gasteiger partial charge < -0.3 is 30.5 Å². The minimum absolute atomic E-state index is 0.0960. The highest BCUT2D eigenvalue weighted by atomic mass is 16.5. The Morgan fingerprint density at radius 1 is 1.11 bits per heavy atom. The normalized spacial score (nSPS) is 16.1. The number of rotatable bonds is 5. The van der Waals surface area contributed by atoms with Crippen molar-refractivity contribution >= 4 is 17.6 Å². The van der Waals surface area contributed by atoms with Crippen LogP contribution >= 0.6 is 0 Å². The molecular weight excluding hydrogens is 362 g/mol. The molecule has 1 heterocycles. The lowest BCUT2D eigenvalue weighted by Gasteiger charge is -2.28. The number of urea groups is 1. The zero-order chi connectivity index (χ0) is 20.3. The molecule has 0 saturated carbocycles. The standard InChI is InChI=1S/C20H21N3O5/c1-11-17(18(23-20(26)21-11)12-4-6-13(24)7-5-12)19(25)22-15-9-8-14(27-2)10-16(15)28-3/h4-10,18,24H,1-3H3,(H,22,25)(H2,21,23,26). The number of aromatic hydroxyl groups is 1. The van der Waals surface area contributed by atoms with Gasteiger partial charge in [0.2, 0.25) is 0 Å². The molecule has 0 radical (unpaired) electrons. The van der Waals surface area contributed by atoms with Crippen LogP contribution in [0.4, 0.5) is 10.5 Å². The number of methoxy groups -OCH3 is 2. The van der Waals surface area contributed by atoms with Crippen molar-refractivity contribution in [1.82, 2.24) is 10.6 Å². The number of carbonyl (C=O) groups is 2. The van der Waals surface area contributed by atoms with Crippen molar-refractivity contribution in [2.45, 2.75) is 13.0 Å². The fourth-order valence-electron chi connectivity index (χ4n) is 3.00. The third-order valence-corrected chi connectivity index (χ3v) is 4.40. The molecule has 4 N–H and O–H groups in total. The molecule has 1 aliphatic heterocycles. The number of carbonyl (C=O) groups excluding carboxylic acids is 2. The summed E-state index contributed by atoms with van der Waals surface area (Å²) in [4.78, 5) is 25.0. The number of phenols is 1. The molecule has 2 aromatic rings. The van der Waals surface area contributed by atoms with E-state index in [1.165, 1.54) is 19.2 Å². The summed E-state index contributed by atoms with van der Waals surface area (Å²) in [6.45, 7) is 1.66. The quantitative estimate of drug-likeness (QED) is 0.635. The van der Waals surface area contributed by atoms with Crippen LogP contribution in [0.25, 0.3) is 0 Å². The Morgan fingerprint density at radius 2 is 1.82 bits per heavy atom. The van der Waals surface area contributed by atoms with E-state index < -0.39 is 18.0 Å². The number of phenolic OH excluding ortho intramolecular Hbond substituents is 1. The molecule has 0 aromatic heterocycles. The Morgan fingerprint density at radius 3 is 2.46 bits per heavy atom. The molecule has 8 nitrogen and oxygen atoms in total. The van der Waals surface area contributed by atoms with Gasteiger partial charge >= 0.3 is 6.03 Å². The summed E-state index contributed by atoms with van der Waals surface area (Å²) in [5.41, 5.74) is 1.92. The summed E-state index contributed by atoms with van der Waals surface area (Å²) in [6.07, 6.45) is 0. The molecule has 2 aromatic carbocycles. The Kier molecular flexibility index (Phi) is 5.39. The topological polar surface area (TPSA) is 109 Å². The van der Waals surface area contributed by atoms with Gasteiger partial charge in [0.1, 0.15) is 17.2 Å². The van der Waals surface area contributed by atoms with E-state index in [1.54, 1.807) is 44.4 Å². The van der Waals surface area contributed by atoms with Gasteiger partial charge in [0.05, 0.1) is 31.5 Å². The maximum Gasteiger partial charge on any atom is 0.319 e. The van der Waals surface area contributed by atoms with Crippen molar-refractivity contribution in [1.29, 1.82) is 0 Å². The van der Waals surface area contributed by atoms with Crippen LogP contribution in [0.3, 0.4) is 0 Å². The summed E-state index contributed by atoms with van der Waals surface area (Å²) in [7, 11) is 3.04. The summed E-state index contributed by atoms with van der Waals surface area (Å²) < 4.78 is 10.5. The van der Waals surface area contributed by atoms with Gasteiger partial charge in [-0.15, -0.1) is 0 Å². The first-order chi connectivity index (χ1) is 13.4. The summed E-state index contributed by atoms with van der Waals surface area (Å²) in [5, 5.41) is 17.7. The van der Waals surface area contributed by atoms with E-state index in [2.05, 4.69) is 16.0 Å². The van der Waals surface area contributed by atoms with Crippen molar-refractivity contribution in [2.24, 2.45) is 0 Å². The first-order valence-corrected chi connectivity index (χ1v) is 8.53. The fraction of sp³-hybridized carbons (Fsp3) is 0.200. The molecule has 0 bridgehead atoms. The van der Waals surface area contributed by atoms with E-state index in [1.807, 2.05) is 0 Å². The van der Waals surface area contributed by atoms with E-state index >= 15 is 0 Å². The lowest BCUT2D eigenvalue weighted by Crippen LogP contribution is -2.45. The largest absolute Gasteiger partial charge is 0.508 e. The summed E-state index contributed by atoms with van der Waals surface area (Å²) in [6, 6.07) is 10.3. The second-order valence-electron chi connectivity index (χ2n) is 6.18. The molecule has 3 rings (SSSR count). The molecule has 0 spiro atoms. The van der Waals surface area contributed by atoms with Crippen molar-refractivity contribution in [2.75, 3.05) is 19.5 Å². The monoisotopic (exact) mass is 383 g/mol. The highest BCUT2D eigenvalue weighted by molar-refractivity contribution is 6.07. The van der Waals surface area contributed by atoms with Crippen molar-refractivity contribution < 1.29 is 24.2 Å². The number of amides is 3. The minimum atomic E-state index is -0.668. The van der Waals surface area contributed by atoms with E-state index in [4.69, 9.17) is 9.47 Å². The van der Waals surface area contributed by atoms with Gasteiger partial charge in [0.15, 0.2) is 0 Å². The van der Waals surface area contributed by atoms with Crippen LogP contribution < -0.4 is 25.4 Å². The fourth-order valence-corrected chi connectivity index (χ4v) is 3.00. The van der Waals surface area contributed by atoms with E-state index in [9.17, 15) is 14.7 Å². The van der Waals surface area contributed by atoms with Crippen LogP contribution in [-0.2, 0) is 4.79 Å².